The maximum Gasteiger partial charge on any atom is 0.234 e. The zero-order chi connectivity index (χ0) is 18.9. The van der Waals surface area contributed by atoms with E-state index in [1.165, 1.54) is 5.56 Å². The first-order valence-corrected chi connectivity index (χ1v) is 9.88. The Labute approximate surface area is 161 Å². The molecule has 27 heavy (non-hydrogen) atoms. The zero-order valence-electron chi connectivity index (χ0n) is 16.2. The van der Waals surface area contributed by atoms with Gasteiger partial charge in [-0.15, -0.1) is 0 Å². The highest BCUT2D eigenvalue weighted by atomic mass is 16.5. The summed E-state index contributed by atoms with van der Waals surface area (Å²) in [4.78, 5) is 21.4. The molecular formula is C21H30N4O2. The maximum absolute atomic E-state index is 12.3. The minimum atomic E-state index is 0.103. The number of carbonyl (C=O) groups is 1. The molecule has 0 atom stereocenters. The van der Waals surface area contributed by atoms with Crippen LogP contribution in [0.3, 0.4) is 0 Å². The van der Waals surface area contributed by atoms with Crippen molar-refractivity contribution in [2.45, 2.75) is 13.3 Å². The lowest BCUT2D eigenvalue weighted by Crippen LogP contribution is -2.50. The van der Waals surface area contributed by atoms with Crippen molar-refractivity contribution >= 4 is 16.8 Å². The van der Waals surface area contributed by atoms with E-state index in [1.807, 2.05) is 25.3 Å². The molecule has 0 spiro atoms. The molecule has 6 heteroatoms. The Morgan fingerprint density at radius 2 is 1.93 bits per heavy atom. The summed E-state index contributed by atoms with van der Waals surface area (Å²) in [6.45, 7) is 9.56. The van der Waals surface area contributed by atoms with Gasteiger partial charge in [-0.1, -0.05) is 24.3 Å². The van der Waals surface area contributed by atoms with Crippen LogP contribution >= 0.6 is 0 Å². The van der Waals surface area contributed by atoms with E-state index in [9.17, 15) is 4.79 Å². The monoisotopic (exact) mass is 370 g/mol. The number of rotatable bonds is 9. The number of pyridine rings is 1. The van der Waals surface area contributed by atoms with Crippen LogP contribution in [-0.4, -0.2) is 79.7 Å². The van der Waals surface area contributed by atoms with E-state index in [4.69, 9.17) is 4.74 Å². The van der Waals surface area contributed by atoms with Crippen molar-refractivity contribution in [1.82, 2.24) is 20.1 Å². The summed E-state index contributed by atoms with van der Waals surface area (Å²) in [5.74, 6) is 0.103. The highest BCUT2D eigenvalue weighted by Gasteiger charge is 2.18. The van der Waals surface area contributed by atoms with Crippen molar-refractivity contribution in [1.29, 1.82) is 0 Å². The maximum atomic E-state index is 12.3. The molecule has 0 radical (unpaired) electrons. The molecule has 1 saturated heterocycles. The van der Waals surface area contributed by atoms with Crippen LogP contribution in [-0.2, 0) is 16.0 Å². The molecule has 3 rings (SSSR count). The van der Waals surface area contributed by atoms with E-state index in [-0.39, 0.29) is 5.91 Å². The van der Waals surface area contributed by atoms with Gasteiger partial charge in [-0.05, 0) is 25.0 Å². The van der Waals surface area contributed by atoms with Gasteiger partial charge >= 0.3 is 0 Å². The van der Waals surface area contributed by atoms with E-state index in [2.05, 4.69) is 38.3 Å². The first-order valence-electron chi connectivity index (χ1n) is 9.88. The van der Waals surface area contributed by atoms with E-state index in [0.717, 1.165) is 63.3 Å². The third-order valence-corrected chi connectivity index (χ3v) is 5.02. The zero-order valence-corrected chi connectivity index (χ0v) is 16.2. The van der Waals surface area contributed by atoms with Crippen molar-refractivity contribution in [3.05, 3.63) is 42.1 Å². The van der Waals surface area contributed by atoms with Gasteiger partial charge in [0.25, 0.3) is 0 Å². The van der Waals surface area contributed by atoms with Gasteiger partial charge in [-0.2, -0.15) is 0 Å². The van der Waals surface area contributed by atoms with Crippen LogP contribution in [0.25, 0.3) is 10.9 Å². The fraction of sp³-hybridized carbons (Fsp3) is 0.524. The van der Waals surface area contributed by atoms with Crippen molar-refractivity contribution in [3.8, 4) is 0 Å². The van der Waals surface area contributed by atoms with E-state index in [1.54, 1.807) is 0 Å². The Bertz CT molecular complexity index is 724. The largest absolute Gasteiger partial charge is 0.380 e. The molecular weight excluding hydrogens is 340 g/mol. The fourth-order valence-corrected chi connectivity index (χ4v) is 3.47. The highest BCUT2D eigenvalue weighted by molar-refractivity contribution is 5.81. The number of nitrogens with zero attached hydrogens (tertiary/aromatic N) is 3. The molecule has 6 nitrogen and oxygen atoms in total. The lowest BCUT2D eigenvalue weighted by molar-refractivity contribution is -0.122. The molecule has 1 aliphatic heterocycles. The number of benzene rings is 1. The molecule has 146 valence electrons. The third-order valence-electron chi connectivity index (χ3n) is 5.02. The Kier molecular flexibility index (Phi) is 7.56. The van der Waals surface area contributed by atoms with Crippen LogP contribution in [0, 0.1) is 0 Å². The first kappa shape index (κ1) is 19.7. The Hall–Kier alpha value is -2.02. The molecule has 1 fully saturated rings. The summed E-state index contributed by atoms with van der Waals surface area (Å²) in [5.41, 5.74) is 2.20. The summed E-state index contributed by atoms with van der Waals surface area (Å²) in [7, 11) is 0. The SMILES string of the molecule is CCOCCN1CCN(CC(=O)NCCc2cccc3cccnc23)CC1. The number of amides is 1. The molecule has 2 heterocycles. The third kappa shape index (κ3) is 5.99. The minimum absolute atomic E-state index is 0.103. The number of hydrogen-bond acceptors (Lipinski definition) is 5. The van der Waals surface area contributed by atoms with Gasteiger partial charge in [0, 0.05) is 57.5 Å². The summed E-state index contributed by atoms with van der Waals surface area (Å²) in [6.07, 6.45) is 2.61. The highest BCUT2D eigenvalue weighted by Crippen LogP contribution is 2.15. The number of carbonyl (C=O) groups excluding carboxylic acids is 1. The van der Waals surface area contributed by atoms with Gasteiger partial charge in [0.05, 0.1) is 18.7 Å². The molecule has 1 aromatic carbocycles. The van der Waals surface area contributed by atoms with Crippen LogP contribution < -0.4 is 5.32 Å². The number of fused-ring (bicyclic) bond motifs is 1. The normalized spacial score (nSPS) is 15.9. The van der Waals surface area contributed by atoms with Gasteiger partial charge < -0.3 is 10.1 Å². The molecule has 1 N–H and O–H groups in total. The molecule has 2 aromatic rings. The van der Waals surface area contributed by atoms with Gasteiger partial charge in [0.15, 0.2) is 0 Å². The second-order valence-electron chi connectivity index (χ2n) is 6.91. The van der Waals surface area contributed by atoms with Crippen LogP contribution in [0.15, 0.2) is 36.5 Å². The molecule has 0 aliphatic carbocycles. The van der Waals surface area contributed by atoms with Crippen molar-refractivity contribution < 1.29 is 9.53 Å². The fourth-order valence-electron chi connectivity index (χ4n) is 3.47. The van der Waals surface area contributed by atoms with Crippen LogP contribution in [0.5, 0.6) is 0 Å². The van der Waals surface area contributed by atoms with Crippen molar-refractivity contribution in [2.75, 3.05) is 59.0 Å². The van der Waals surface area contributed by atoms with Crippen LogP contribution in [0.1, 0.15) is 12.5 Å². The smallest absolute Gasteiger partial charge is 0.234 e. The number of nitrogens with one attached hydrogen (secondary N) is 1. The molecule has 1 amide bonds. The van der Waals surface area contributed by atoms with Gasteiger partial charge in [-0.25, -0.2) is 0 Å². The molecule has 1 aliphatic rings. The predicted molar refractivity (Wildman–Crippen MR) is 108 cm³/mol. The van der Waals surface area contributed by atoms with E-state index < -0.39 is 0 Å². The summed E-state index contributed by atoms with van der Waals surface area (Å²) >= 11 is 0. The van der Waals surface area contributed by atoms with Crippen LogP contribution in [0.4, 0.5) is 0 Å². The molecule has 1 aromatic heterocycles. The van der Waals surface area contributed by atoms with Crippen molar-refractivity contribution in [3.63, 3.8) is 0 Å². The Morgan fingerprint density at radius 3 is 2.74 bits per heavy atom. The average Bonchev–Trinajstić information content (AvgIpc) is 2.70. The summed E-state index contributed by atoms with van der Waals surface area (Å²) in [6, 6.07) is 10.2. The Morgan fingerprint density at radius 1 is 1.15 bits per heavy atom. The summed E-state index contributed by atoms with van der Waals surface area (Å²) < 4.78 is 5.41. The lowest BCUT2D eigenvalue weighted by Gasteiger charge is -2.34. The number of aromatic nitrogens is 1. The van der Waals surface area contributed by atoms with Gasteiger partial charge in [0.1, 0.15) is 0 Å². The molecule has 0 saturated carbocycles. The number of ether oxygens (including phenoxy) is 1. The molecule has 0 unspecified atom stereocenters. The standard InChI is InChI=1S/C21H30N4O2/c1-2-27-16-15-24-11-13-25(14-12-24)17-20(26)22-10-8-19-6-3-5-18-7-4-9-23-21(18)19/h3-7,9H,2,8,10-17H2,1H3,(H,22,26). The second-order valence-corrected chi connectivity index (χ2v) is 6.91. The summed E-state index contributed by atoms with van der Waals surface area (Å²) in [5, 5.41) is 4.20. The van der Waals surface area contributed by atoms with Crippen LogP contribution in [0.2, 0.25) is 0 Å². The minimum Gasteiger partial charge on any atom is -0.380 e. The van der Waals surface area contributed by atoms with Gasteiger partial charge in [-0.3, -0.25) is 19.6 Å². The Balaban J connectivity index is 1.37. The van der Waals surface area contributed by atoms with Crippen molar-refractivity contribution in [2.24, 2.45) is 0 Å². The quantitative estimate of drug-likeness (QED) is 0.679. The van der Waals surface area contributed by atoms with Gasteiger partial charge in [0.2, 0.25) is 5.91 Å². The number of hydrogen-bond donors (Lipinski definition) is 1. The first-order chi connectivity index (χ1) is 13.3. The molecule has 0 bridgehead atoms. The van der Waals surface area contributed by atoms with E-state index >= 15 is 0 Å². The number of piperazine rings is 1. The second kappa shape index (κ2) is 10.3. The lowest BCUT2D eigenvalue weighted by atomic mass is 10.1. The predicted octanol–water partition coefficient (Wildman–Crippen LogP) is 1.55. The average molecular weight is 370 g/mol. The topological polar surface area (TPSA) is 57.7 Å². The number of para-hydroxylation sites is 1. The van der Waals surface area contributed by atoms with E-state index in [0.29, 0.717) is 13.1 Å².